The number of carbonyl (C=O) groups excluding carboxylic acids is 1. The quantitative estimate of drug-likeness (QED) is 0.911. The van der Waals surface area contributed by atoms with E-state index in [2.05, 4.69) is 40.5 Å². The van der Waals surface area contributed by atoms with Gasteiger partial charge < -0.3 is 10.6 Å². The molecule has 0 fully saturated rings. The Kier molecular flexibility index (Phi) is 3.74. The molecule has 1 amide bonds. The molecule has 0 radical (unpaired) electrons. The smallest absolute Gasteiger partial charge is 0.225 e. The van der Waals surface area contributed by atoms with Gasteiger partial charge in [0, 0.05) is 18.8 Å². The van der Waals surface area contributed by atoms with Crippen LogP contribution in [0.15, 0.2) is 35.0 Å². The lowest BCUT2D eigenvalue weighted by atomic mass is 9.93. The minimum atomic E-state index is 0.0174. The number of anilines is 1. The third-order valence-corrected chi connectivity index (χ3v) is 4.72. The molecule has 1 aromatic heterocycles. The Bertz CT molecular complexity index is 620. The number of nitrogens with one attached hydrogen (secondary N) is 2. The minimum Gasteiger partial charge on any atom is -0.384 e. The van der Waals surface area contributed by atoms with Gasteiger partial charge >= 0.3 is 0 Å². The summed E-state index contributed by atoms with van der Waals surface area (Å²) >= 11 is 1.68. The molecule has 3 nitrogen and oxygen atoms in total. The van der Waals surface area contributed by atoms with Gasteiger partial charge in [-0.3, -0.25) is 4.79 Å². The van der Waals surface area contributed by atoms with Crippen LogP contribution in [0, 0.1) is 12.8 Å². The molecule has 0 saturated heterocycles. The Balaban J connectivity index is 1.60. The highest BCUT2D eigenvalue weighted by molar-refractivity contribution is 7.08. The second-order valence-corrected chi connectivity index (χ2v) is 5.98. The first-order valence-corrected chi connectivity index (χ1v) is 7.79. The first-order chi connectivity index (χ1) is 9.74. The van der Waals surface area contributed by atoms with Crippen molar-refractivity contribution in [2.24, 2.45) is 5.92 Å². The second-order valence-electron chi connectivity index (χ2n) is 5.24. The zero-order chi connectivity index (χ0) is 13.9. The van der Waals surface area contributed by atoms with Crippen LogP contribution < -0.4 is 10.6 Å². The van der Waals surface area contributed by atoms with E-state index in [0.717, 1.165) is 12.1 Å². The summed E-state index contributed by atoms with van der Waals surface area (Å²) in [5.41, 5.74) is 4.85. The number of aryl methyl sites for hydroxylation is 1. The molecule has 0 bridgehead atoms. The van der Waals surface area contributed by atoms with Crippen LogP contribution in [0.2, 0.25) is 0 Å². The van der Waals surface area contributed by atoms with Gasteiger partial charge in [0.15, 0.2) is 0 Å². The van der Waals surface area contributed by atoms with Crippen molar-refractivity contribution in [2.75, 3.05) is 11.9 Å². The number of thiophene rings is 1. The average molecular weight is 286 g/mol. The molecule has 1 unspecified atom stereocenters. The normalized spacial score (nSPS) is 17.1. The Hall–Kier alpha value is -1.81. The van der Waals surface area contributed by atoms with E-state index in [1.165, 1.54) is 16.7 Å². The summed E-state index contributed by atoms with van der Waals surface area (Å²) < 4.78 is 0. The molecular weight excluding hydrogens is 268 g/mol. The first-order valence-electron chi connectivity index (χ1n) is 6.85. The zero-order valence-corrected chi connectivity index (χ0v) is 12.3. The largest absolute Gasteiger partial charge is 0.384 e. The van der Waals surface area contributed by atoms with Crippen LogP contribution in [0.3, 0.4) is 0 Å². The lowest BCUT2D eigenvalue weighted by molar-refractivity contribution is -0.124. The molecule has 1 aliphatic heterocycles. The van der Waals surface area contributed by atoms with E-state index in [1.807, 2.05) is 12.1 Å². The van der Waals surface area contributed by atoms with Crippen molar-refractivity contribution in [1.82, 2.24) is 5.32 Å². The molecule has 2 N–H and O–H groups in total. The fourth-order valence-corrected chi connectivity index (χ4v) is 3.38. The fraction of sp³-hybridized carbons (Fsp3) is 0.312. The van der Waals surface area contributed by atoms with E-state index in [4.69, 9.17) is 0 Å². The van der Waals surface area contributed by atoms with Gasteiger partial charge in [0.25, 0.3) is 0 Å². The number of para-hydroxylation sites is 1. The van der Waals surface area contributed by atoms with Crippen LogP contribution in [0.4, 0.5) is 5.69 Å². The van der Waals surface area contributed by atoms with Crippen LogP contribution in [0.25, 0.3) is 0 Å². The van der Waals surface area contributed by atoms with Crippen LogP contribution >= 0.6 is 11.3 Å². The molecule has 2 aromatic rings. The molecule has 1 atom stereocenters. The molecule has 20 heavy (non-hydrogen) atoms. The molecule has 104 valence electrons. The van der Waals surface area contributed by atoms with E-state index in [-0.39, 0.29) is 11.8 Å². The standard InChI is InChI=1S/C16H18N2OS/c1-11-9-20-10-14(11)8-18-16(19)13-6-12-4-2-3-5-15(12)17-7-13/h2-5,9-10,13,17H,6-8H2,1H3,(H,18,19). The number of rotatable bonds is 3. The van der Waals surface area contributed by atoms with Gasteiger partial charge in [-0.2, -0.15) is 11.3 Å². The Labute approximate surface area is 123 Å². The summed E-state index contributed by atoms with van der Waals surface area (Å²) in [7, 11) is 0. The number of fused-ring (bicyclic) bond motifs is 1. The van der Waals surface area contributed by atoms with Gasteiger partial charge in [-0.1, -0.05) is 18.2 Å². The van der Waals surface area contributed by atoms with Crippen molar-refractivity contribution >= 4 is 22.9 Å². The van der Waals surface area contributed by atoms with E-state index >= 15 is 0 Å². The van der Waals surface area contributed by atoms with Crippen LogP contribution in [0.1, 0.15) is 16.7 Å². The van der Waals surface area contributed by atoms with Gasteiger partial charge in [0.05, 0.1) is 5.92 Å². The summed E-state index contributed by atoms with van der Waals surface area (Å²) in [4.78, 5) is 12.3. The van der Waals surface area contributed by atoms with E-state index in [1.54, 1.807) is 11.3 Å². The van der Waals surface area contributed by atoms with Gasteiger partial charge in [-0.25, -0.2) is 0 Å². The molecule has 0 aliphatic carbocycles. The number of carbonyl (C=O) groups is 1. The molecule has 1 aromatic carbocycles. The molecular formula is C16H18N2OS. The maximum atomic E-state index is 12.3. The second kappa shape index (κ2) is 5.67. The number of hydrogen-bond donors (Lipinski definition) is 2. The van der Waals surface area contributed by atoms with Crippen molar-refractivity contribution in [3.63, 3.8) is 0 Å². The van der Waals surface area contributed by atoms with Gasteiger partial charge in [0.1, 0.15) is 0 Å². The maximum absolute atomic E-state index is 12.3. The third kappa shape index (κ3) is 2.70. The van der Waals surface area contributed by atoms with Crippen molar-refractivity contribution < 1.29 is 4.79 Å². The highest BCUT2D eigenvalue weighted by Crippen LogP contribution is 2.24. The Morgan fingerprint density at radius 3 is 3.05 bits per heavy atom. The lowest BCUT2D eigenvalue weighted by Gasteiger charge is -2.25. The minimum absolute atomic E-state index is 0.0174. The molecule has 0 saturated carbocycles. The lowest BCUT2D eigenvalue weighted by Crippen LogP contribution is -2.37. The third-order valence-electron chi connectivity index (χ3n) is 3.81. The van der Waals surface area contributed by atoms with Crippen LogP contribution in [0.5, 0.6) is 0 Å². The average Bonchev–Trinajstić information content (AvgIpc) is 2.89. The van der Waals surface area contributed by atoms with Crippen molar-refractivity contribution in [3.8, 4) is 0 Å². The van der Waals surface area contributed by atoms with Crippen molar-refractivity contribution in [3.05, 3.63) is 51.7 Å². The monoisotopic (exact) mass is 286 g/mol. The topological polar surface area (TPSA) is 41.1 Å². The summed E-state index contributed by atoms with van der Waals surface area (Å²) in [6, 6.07) is 8.20. The zero-order valence-electron chi connectivity index (χ0n) is 11.5. The summed E-state index contributed by atoms with van der Waals surface area (Å²) in [6.45, 7) is 3.42. The first kappa shape index (κ1) is 13.2. The van der Waals surface area contributed by atoms with Gasteiger partial charge in [0.2, 0.25) is 5.91 Å². The van der Waals surface area contributed by atoms with E-state index in [9.17, 15) is 4.79 Å². The predicted molar refractivity (Wildman–Crippen MR) is 83.0 cm³/mol. The van der Waals surface area contributed by atoms with Gasteiger partial charge in [-0.15, -0.1) is 0 Å². The van der Waals surface area contributed by atoms with Gasteiger partial charge in [-0.05, 0) is 46.9 Å². The predicted octanol–water partition coefficient (Wildman–Crippen LogP) is 2.96. The molecule has 0 spiro atoms. The maximum Gasteiger partial charge on any atom is 0.225 e. The van der Waals surface area contributed by atoms with Crippen LogP contribution in [-0.2, 0) is 17.8 Å². The fourth-order valence-electron chi connectivity index (χ4n) is 2.52. The highest BCUT2D eigenvalue weighted by atomic mass is 32.1. The molecule has 1 aliphatic rings. The SMILES string of the molecule is Cc1cscc1CNC(=O)C1CNc2ccccc2C1. The van der Waals surface area contributed by atoms with E-state index in [0.29, 0.717) is 13.1 Å². The van der Waals surface area contributed by atoms with Crippen LogP contribution in [-0.4, -0.2) is 12.5 Å². The summed E-state index contributed by atoms with van der Waals surface area (Å²) in [5, 5.41) is 10.6. The van der Waals surface area contributed by atoms with E-state index < -0.39 is 0 Å². The molecule has 2 heterocycles. The Morgan fingerprint density at radius 1 is 1.40 bits per heavy atom. The summed E-state index contributed by atoms with van der Waals surface area (Å²) in [6.07, 6.45) is 0.817. The Morgan fingerprint density at radius 2 is 2.25 bits per heavy atom. The molecule has 4 heteroatoms. The number of amides is 1. The highest BCUT2D eigenvalue weighted by Gasteiger charge is 2.23. The van der Waals surface area contributed by atoms with Crippen molar-refractivity contribution in [1.29, 1.82) is 0 Å². The van der Waals surface area contributed by atoms with Crippen molar-refractivity contribution in [2.45, 2.75) is 19.9 Å². The summed E-state index contributed by atoms with van der Waals surface area (Å²) in [5.74, 6) is 0.154. The number of benzene rings is 1. The molecule has 3 rings (SSSR count). The number of hydrogen-bond acceptors (Lipinski definition) is 3.